The van der Waals surface area contributed by atoms with Gasteiger partial charge in [-0.2, -0.15) is 0 Å². The molecule has 8 aliphatic rings. The Labute approximate surface area is 455 Å². The van der Waals surface area contributed by atoms with Crippen LogP contribution < -0.4 is 0 Å². The van der Waals surface area contributed by atoms with Gasteiger partial charge in [-0.1, -0.05) is 53.2 Å². The molecule has 0 spiro atoms. The zero-order chi connectivity index (χ0) is 57.5. The molecule has 8 rings (SSSR count). The molecule has 24 heteroatoms. The van der Waals surface area contributed by atoms with Crippen LogP contribution in [-0.4, -0.2) is 255 Å². The van der Waals surface area contributed by atoms with Crippen LogP contribution in [0.3, 0.4) is 0 Å². The predicted molar refractivity (Wildman–Crippen MR) is 268 cm³/mol. The molecule has 0 aromatic rings. The highest BCUT2D eigenvalue weighted by Crippen LogP contribution is 2.75. The lowest BCUT2D eigenvalue weighted by atomic mass is 9.38. The summed E-state index contributed by atoms with van der Waals surface area (Å²) < 4.78 is 47.5. The number of rotatable bonds is 17. The van der Waals surface area contributed by atoms with E-state index in [2.05, 4.69) is 47.6 Å². The summed E-state index contributed by atoms with van der Waals surface area (Å²) in [5.74, 6) is 0.236. The van der Waals surface area contributed by atoms with Crippen molar-refractivity contribution >= 4 is 0 Å². The van der Waals surface area contributed by atoms with E-state index >= 15 is 0 Å². The van der Waals surface area contributed by atoms with Crippen molar-refractivity contribution in [1.82, 2.24) is 0 Å². The van der Waals surface area contributed by atoms with Gasteiger partial charge in [0.25, 0.3) is 0 Å². The van der Waals surface area contributed by atoms with Gasteiger partial charge in [-0.3, -0.25) is 0 Å². The summed E-state index contributed by atoms with van der Waals surface area (Å²) in [6.45, 7) is 13.6. The van der Waals surface area contributed by atoms with E-state index in [1.807, 2.05) is 0 Å². The number of aliphatic hydroxyl groups excluding tert-OH is 15. The van der Waals surface area contributed by atoms with E-state index in [0.29, 0.717) is 32.1 Å². The third kappa shape index (κ3) is 11.0. The molecule has 16 N–H and O–H groups in total. The molecule has 0 aromatic carbocycles. The molecule has 24 nitrogen and oxygen atoms in total. The fraction of sp³-hybridized carbons (Fsp3) is 0.963. The number of aliphatic hydroxyl groups is 16. The molecule has 3 saturated carbocycles. The van der Waals surface area contributed by atoms with Gasteiger partial charge >= 0.3 is 0 Å². The number of hydrogen-bond acceptors (Lipinski definition) is 24. The standard InChI is InChI=1S/C54H92O24/c1-22(9-13-33(51(4,5)70)77-49-45(41(66)36(61)28(20-57)74-49)78-48-44(69)39(64)35(60)27(19-56)73-48)23-15-16-52(6)30-12-10-24-25(54(30,8)31(58)17-53(23,52)7)11-14-32(50(24,2)3)76-47-43(68)40(65)37(62)29(75-47)21-71-46-42(67)38(63)34(59)26(18-55)72-46/h10,22-23,25-49,55-70H,9,11-21H2,1-8H3/t22-,23?,25?,26-,27-,28-,29-,30?,31-,32+,33-,34-,35-,36-,37-,38+,39+,40+,41+,42-,43-,44-,45-,46-,47+,48+,49+,52+,53-,54+/m1/s1. The van der Waals surface area contributed by atoms with Crippen LogP contribution in [0.1, 0.15) is 107 Å². The maximum Gasteiger partial charge on any atom is 0.187 e. The molecule has 3 unspecified atom stereocenters. The number of allylic oxidation sites excluding steroid dienone is 1. The average Bonchev–Trinajstić information content (AvgIpc) is 2.93. The smallest absolute Gasteiger partial charge is 0.187 e. The van der Waals surface area contributed by atoms with Crippen molar-refractivity contribution in [2.75, 3.05) is 26.4 Å². The second-order valence-corrected chi connectivity index (χ2v) is 25.9. The number of hydrogen-bond donors (Lipinski definition) is 16. The SMILES string of the molecule is C[C@H](CC[C@@H](O[C@@H]1O[C@H](CO)[C@@H](O)[C@H](O)[C@H]1O[C@@H]1O[C@H](CO)[C@@H](O)[C@H](O)[C@H]1O)C(C)(C)O)C1CC[C@@]2(C)C3CC=C4C(CC[C@H](O[C@@H]5O[C@H](CO[C@@H]6O[C@H](CO)[C@@H](O)[C@H](O)[C@H]6O)[C@@H](O)[C@H](O)[C@H]5O)C4(C)C)[C@]3(C)[C@H](O)C[C@]12C. The Morgan fingerprint density at radius 1 is 0.590 bits per heavy atom. The van der Waals surface area contributed by atoms with Crippen molar-refractivity contribution in [1.29, 1.82) is 0 Å². The summed E-state index contributed by atoms with van der Waals surface area (Å²) in [7, 11) is 0. The highest BCUT2D eigenvalue weighted by molar-refractivity contribution is 5.32. The van der Waals surface area contributed by atoms with Gasteiger partial charge in [0.2, 0.25) is 0 Å². The summed E-state index contributed by atoms with van der Waals surface area (Å²) in [5.41, 5.74) is -2.12. The average molecular weight is 1130 g/mol. The Kier molecular flexibility index (Phi) is 19.1. The Hall–Kier alpha value is -1.22. The van der Waals surface area contributed by atoms with Crippen molar-refractivity contribution in [2.45, 2.75) is 253 Å². The molecule has 0 radical (unpaired) electrons. The van der Waals surface area contributed by atoms with E-state index in [9.17, 15) is 81.7 Å². The summed E-state index contributed by atoms with van der Waals surface area (Å²) in [4.78, 5) is 0. The summed E-state index contributed by atoms with van der Waals surface area (Å²) >= 11 is 0. The van der Waals surface area contributed by atoms with Crippen LogP contribution in [0.15, 0.2) is 11.6 Å². The molecule has 4 heterocycles. The van der Waals surface area contributed by atoms with Crippen LogP contribution in [0, 0.1) is 45.3 Å². The normalized spacial score (nSPS) is 51.4. The molecule has 30 atom stereocenters. The molecule has 7 fully saturated rings. The molecule has 452 valence electrons. The first-order chi connectivity index (χ1) is 36.4. The quantitative estimate of drug-likeness (QED) is 0.0637. The van der Waals surface area contributed by atoms with Gasteiger partial charge in [-0.15, -0.1) is 0 Å². The first-order valence-electron chi connectivity index (χ1n) is 28.0. The minimum absolute atomic E-state index is 0.0338. The molecule has 0 bridgehead atoms. The van der Waals surface area contributed by atoms with Crippen molar-refractivity contribution in [3.05, 3.63) is 11.6 Å². The molecule has 78 heavy (non-hydrogen) atoms. The fourth-order valence-electron chi connectivity index (χ4n) is 15.6. The minimum atomic E-state index is -1.85. The maximum absolute atomic E-state index is 12.7. The summed E-state index contributed by atoms with van der Waals surface area (Å²) in [6, 6.07) is 0. The minimum Gasteiger partial charge on any atom is -0.394 e. The molecule has 4 saturated heterocycles. The van der Waals surface area contributed by atoms with Gasteiger partial charge in [0.05, 0.1) is 50.3 Å². The van der Waals surface area contributed by atoms with E-state index in [0.717, 1.165) is 18.4 Å². The lowest BCUT2D eigenvalue weighted by molar-refractivity contribution is -0.375. The summed E-state index contributed by atoms with van der Waals surface area (Å²) in [5, 5.41) is 172. The van der Waals surface area contributed by atoms with Crippen LogP contribution in [-0.2, 0) is 37.9 Å². The third-order valence-electron chi connectivity index (χ3n) is 20.8. The molecule has 0 amide bonds. The van der Waals surface area contributed by atoms with Crippen LogP contribution in [0.4, 0.5) is 0 Å². The van der Waals surface area contributed by atoms with Gasteiger partial charge in [0.1, 0.15) is 97.7 Å². The zero-order valence-electron chi connectivity index (χ0n) is 46.1. The van der Waals surface area contributed by atoms with E-state index in [1.165, 1.54) is 0 Å². The van der Waals surface area contributed by atoms with Crippen molar-refractivity contribution in [3.8, 4) is 0 Å². The topological polar surface area (TPSA) is 398 Å². The lowest BCUT2D eigenvalue weighted by Gasteiger charge is -2.67. The molecular weight excluding hydrogens is 1030 g/mol. The molecule has 4 aliphatic carbocycles. The lowest BCUT2D eigenvalue weighted by Crippen LogP contribution is -2.65. The Bertz CT molecular complexity index is 2030. The van der Waals surface area contributed by atoms with E-state index in [4.69, 9.17) is 37.9 Å². The number of ether oxygens (including phenoxy) is 8. The van der Waals surface area contributed by atoms with Crippen LogP contribution in [0.2, 0.25) is 0 Å². The zero-order valence-corrected chi connectivity index (χ0v) is 46.1. The number of fused-ring (bicyclic) bond motifs is 5. The van der Waals surface area contributed by atoms with Gasteiger partial charge in [0, 0.05) is 10.8 Å². The predicted octanol–water partition coefficient (Wildman–Crippen LogP) is -3.23. The molecule has 0 aromatic heterocycles. The van der Waals surface area contributed by atoms with Gasteiger partial charge in [-0.25, -0.2) is 0 Å². The highest BCUT2D eigenvalue weighted by Gasteiger charge is 2.70. The van der Waals surface area contributed by atoms with Crippen molar-refractivity contribution in [3.63, 3.8) is 0 Å². The second kappa shape index (κ2) is 23.7. The highest BCUT2D eigenvalue weighted by atomic mass is 16.8. The molecular formula is C54H92O24. The maximum atomic E-state index is 12.7. The van der Waals surface area contributed by atoms with E-state index < -0.39 is 184 Å². The summed E-state index contributed by atoms with van der Waals surface area (Å²) in [6.07, 6.45) is -26.9. The Morgan fingerprint density at radius 3 is 1.65 bits per heavy atom. The third-order valence-corrected chi connectivity index (χ3v) is 20.8. The molecule has 4 aliphatic heterocycles. The van der Waals surface area contributed by atoms with Gasteiger partial charge < -0.3 is 120 Å². The van der Waals surface area contributed by atoms with E-state index in [1.54, 1.807) is 13.8 Å². The second-order valence-electron chi connectivity index (χ2n) is 25.9. The van der Waals surface area contributed by atoms with Gasteiger partial charge in [-0.05, 0) is 99.7 Å². The van der Waals surface area contributed by atoms with Crippen LogP contribution >= 0.6 is 0 Å². The van der Waals surface area contributed by atoms with Gasteiger partial charge in [0.15, 0.2) is 25.2 Å². The Balaban J connectivity index is 0.940. The van der Waals surface area contributed by atoms with Crippen molar-refractivity contribution in [2.24, 2.45) is 45.3 Å². The largest absolute Gasteiger partial charge is 0.394 e. The Morgan fingerprint density at radius 2 is 1.09 bits per heavy atom. The van der Waals surface area contributed by atoms with Crippen molar-refractivity contribution < 1.29 is 120 Å². The first-order valence-corrected chi connectivity index (χ1v) is 28.0. The monoisotopic (exact) mass is 1120 g/mol. The first kappa shape index (κ1) is 62.8. The fourth-order valence-corrected chi connectivity index (χ4v) is 15.6. The van der Waals surface area contributed by atoms with Crippen LogP contribution in [0.5, 0.6) is 0 Å². The van der Waals surface area contributed by atoms with Crippen LogP contribution in [0.25, 0.3) is 0 Å². The van der Waals surface area contributed by atoms with E-state index in [-0.39, 0.29) is 40.9 Å².